The van der Waals surface area contributed by atoms with E-state index in [2.05, 4.69) is 15.0 Å². The minimum Gasteiger partial charge on any atom is -0.494 e. The van der Waals surface area contributed by atoms with Gasteiger partial charge in [0.15, 0.2) is 5.75 Å². The van der Waals surface area contributed by atoms with Gasteiger partial charge in [-0.15, -0.1) is 0 Å². The monoisotopic (exact) mass is 378 g/mol. The molecule has 3 rings (SSSR count). The van der Waals surface area contributed by atoms with E-state index in [9.17, 15) is 0 Å². The zero-order valence-electron chi connectivity index (χ0n) is 12.3. The Kier molecular flexibility index (Phi) is 4.69. The van der Waals surface area contributed by atoms with Crippen LogP contribution in [-0.4, -0.2) is 12.1 Å². The molecule has 0 atom stereocenters. The predicted octanol–water partition coefficient (Wildman–Crippen LogP) is 6.81. The molecule has 24 heavy (non-hydrogen) atoms. The van der Waals surface area contributed by atoms with E-state index in [1.807, 2.05) is 30.3 Å². The van der Waals surface area contributed by atoms with Gasteiger partial charge >= 0.3 is 0 Å². The van der Waals surface area contributed by atoms with Gasteiger partial charge in [-0.1, -0.05) is 70.2 Å². The van der Waals surface area contributed by atoms with Gasteiger partial charge in [0, 0.05) is 15.9 Å². The number of rotatable bonds is 3. The number of hydrogen-bond acceptors (Lipinski definition) is 3. The average Bonchev–Trinajstić information content (AvgIpc) is 2.57. The summed E-state index contributed by atoms with van der Waals surface area (Å²) in [6.07, 6.45) is 0. The first-order chi connectivity index (χ1) is 11.6. The van der Waals surface area contributed by atoms with E-state index in [1.165, 1.54) is 7.11 Å². The highest BCUT2D eigenvalue weighted by Crippen LogP contribution is 2.46. The highest BCUT2D eigenvalue weighted by atomic mass is 35.5. The molecular formula is C16H9Cl3N4O. The van der Waals surface area contributed by atoms with Crippen LogP contribution in [0.15, 0.2) is 41.5 Å². The van der Waals surface area contributed by atoms with Crippen LogP contribution in [-0.2, 0) is 0 Å². The third kappa shape index (κ3) is 2.72. The van der Waals surface area contributed by atoms with Crippen LogP contribution in [0.25, 0.3) is 32.5 Å². The molecule has 0 aliphatic heterocycles. The van der Waals surface area contributed by atoms with E-state index in [-0.39, 0.29) is 20.9 Å². The number of benzene rings is 2. The zero-order chi connectivity index (χ0) is 17.3. The summed E-state index contributed by atoms with van der Waals surface area (Å²) < 4.78 is 5.19. The minimum absolute atomic E-state index is 0.169. The summed E-state index contributed by atoms with van der Waals surface area (Å²) in [6, 6.07) is 10.9. The first kappa shape index (κ1) is 16.7. The lowest BCUT2D eigenvalue weighted by Gasteiger charge is -2.14. The molecule has 0 saturated carbocycles. The van der Waals surface area contributed by atoms with Crippen molar-refractivity contribution in [3.05, 3.63) is 62.0 Å². The van der Waals surface area contributed by atoms with E-state index < -0.39 is 0 Å². The van der Waals surface area contributed by atoms with Crippen LogP contribution < -0.4 is 4.74 Å². The second-order valence-electron chi connectivity index (χ2n) is 4.78. The van der Waals surface area contributed by atoms with Gasteiger partial charge in [0.05, 0.1) is 23.3 Å². The third-order valence-electron chi connectivity index (χ3n) is 3.47. The van der Waals surface area contributed by atoms with Crippen molar-refractivity contribution in [1.29, 1.82) is 0 Å². The highest BCUT2D eigenvalue weighted by Gasteiger charge is 2.20. The fraction of sp³-hybridized carbons (Fsp3) is 0.0625. The van der Waals surface area contributed by atoms with E-state index in [0.29, 0.717) is 22.2 Å². The Hall–Kier alpha value is -2.17. The van der Waals surface area contributed by atoms with Crippen molar-refractivity contribution in [2.45, 2.75) is 0 Å². The number of pyridine rings is 1. The van der Waals surface area contributed by atoms with Crippen molar-refractivity contribution < 1.29 is 4.74 Å². The van der Waals surface area contributed by atoms with Gasteiger partial charge in [-0.05, 0) is 17.2 Å². The molecule has 0 amide bonds. The maximum atomic E-state index is 8.98. The summed E-state index contributed by atoms with van der Waals surface area (Å²) in [7, 11) is 1.45. The fourth-order valence-corrected chi connectivity index (χ4v) is 3.40. The van der Waals surface area contributed by atoms with Gasteiger partial charge in [0.25, 0.3) is 0 Å². The van der Waals surface area contributed by atoms with Gasteiger partial charge in [-0.2, -0.15) is 0 Å². The van der Waals surface area contributed by atoms with Crippen molar-refractivity contribution in [2.75, 3.05) is 7.11 Å². The van der Waals surface area contributed by atoms with Gasteiger partial charge < -0.3 is 4.74 Å². The minimum atomic E-state index is 0.169. The molecule has 5 nitrogen and oxygen atoms in total. The molecule has 0 fully saturated rings. The maximum Gasteiger partial charge on any atom is 0.158 e. The SMILES string of the molecule is COc1c(Cl)cc2c(N=[N+]=[N-])c(-c3ccccc3)c(Cl)nc2c1Cl. The second-order valence-corrected chi connectivity index (χ2v) is 5.93. The van der Waals surface area contributed by atoms with Crippen LogP contribution in [0.2, 0.25) is 15.2 Å². The normalized spacial score (nSPS) is 10.5. The molecule has 0 spiro atoms. The lowest BCUT2D eigenvalue weighted by molar-refractivity contribution is 0.416. The number of methoxy groups -OCH3 is 1. The summed E-state index contributed by atoms with van der Waals surface area (Å²) >= 11 is 18.9. The number of ether oxygens (including phenoxy) is 1. The molecule has 120 valence electrons. The standard InChI is InChI=1S/C16H9Cl3N4O/c1-24-15-10(17)7-9-13(22-23-20)11(8-5-3-2-4-6-8)16(19)21-14(9)12(15)18/h2-7H,1H3. The molecule has 8 heteroatoms. The number of fused-ring (bicyclic) bond motifs is 1. The van der Waals surface area contributed by atoms with Crippen LogP contribution in [0, 0.1) is 0 Å². The molecule has 1 heterocycles. The Morgan fingerprint density at radius 3 is 2.50 bits per heavy atom. The lowest BCUT2D eigenvalue weighted by Crippen LogP contribution is -1.92. The molecule has 0 radical (unpaired) electrons. The van der Waals surface area contributed by atoms with Crippen LogP contribution in [0.4, 0.5) is 5.69 Å². The summed E-state index contributed by atoms with van der Waals surface area (Å²) in [5.41, 5.74) is 10.9. The number of halogens is 3. The van der Waals surface area contributed by atoms with E-state index >= 15 is 0 Å². The predicted molar refractivity (Wildman–Crippen MR) is 97.6 cm³/mol. The van der Waals surface area contributed by atoms with Crippen molar-refractivity contribution in [3.63, 3.8) is 0 Å². The Bertz CT molecular complexity index is 986. The quantitative estimate of drug-likeness (QED) is 0.217. The highest BCUT2D eigenvalue weighted by molar-refractivity contribution is 6.42. The van der Waals surface area contributed by atoms with Gasteiger partial charge in [0.2, 0.25) is 0 Å². The molecule has 0 aliphatic rings. The second kappa shape index (κ2) is 6.75. The molecule has 0 aliphatic carbocycles. The average molecular weight is 380 g/mol. The number of azide groups is 1. The molecule has 0 unspecified atom stereocenters. The van der Waals surface area contributed by atoms with Gasteiger partial charge in [-0.25, -0.2) is 4.98 Å². The van der Waals surface area contributed by atoms with Crippen molar-refractivity contribution in [1.82, 2.24) is 4.98 Å². The van der Waals surface area contributed by atoms with E-state index in [1.54, 1.807) is 6.07 Å². The fourth-order valence-electron chi connectivity index (χ4n) is 2.46. The summed E-state index contributed by atoms with van der Waals surface area (Å²) in [5, 5.41) is 4.96. The Labute approximate surface area is 152 Å². The number of hydrogen-bond donors (Lipinski definition) is 0. The topological polar surface area (TPSA) is 70.9 Å². The van der Waals surface area contributed by atoms with Crippen molar-refractivity contribution >= 4 is 51.4 Å². The third-order valence-corrected chi connectivity index (χ3v) is 4.37. The molecule has 2 aromatic carbocycles. The lowest BCUT2D eigenvalue weighted by atomic mass is 10.0. The van der Waals surface area contributed by atoms with Crippen molar-refractivity contribution in [3.8, 4) is 16.9 Å². The number of aromatic nitrogens is 1. The van der Waals surface area contributed by atoms with E-state index in [0.717, 1.165) is 5.56 Å². The Balaban J connectivity index is 2.49. The van der Waals surface area contributed by atoms with Gasteiger partial charge in [0.1, 0.15) is 10.2 Å². The largest absolute Gasteiger partial charge is 0.494 e. The molecule has 0 N–H and O–H groups in total. The van der Waals surface area contributed by atoms with E-state index in [4.69, 9.17) is 45.1 Å². The van der Waals surface area contributed by atoms with Crippen LogP contribution in [0.1, 0.15) is 0 Å². The maximum absolute atomic E-state index is 8.98. The van der Waals surface area contributed by atoms with Crippen molar-refractivity contribution in [2.24, 2.45) is 5.11 Å². The number of nitrogens with zero attached hydrogens (tertiary/aromatic N) is 4. The smallest absolute Gasteiger partial charge is 0.158 e. The first-order valence-corrected chi connectivity index (χ1v) is 7.87. The Morgan fingerprint density at radius 2 is 1.88 bits per heavy atom. The van der Waals surface area contributed by atoms with Crippen LogP contribution >= 0.6 is 34.8 Å². The zero-order valence-corrected chi connectivity index (χ0v) is 14.6. The van der Waals surface area contributed by atoms with Gasteiger partial charge in [-0.3, -0.25) is 0 Å². The molecule has 0 saturated heterocycles. The molecular weight excluding hydrogens is 371 g/mol. The van der Waals surface area contributed by atoms with Crippen LogP contribution in [0.3, 0.4) is 0 Å². The molecule has 1 aromatic heterocycles. The molecule has 3 aromatic rings. The molecule has 0 bridgehead atoms. The first-order valence-electron chi connectivity index (χ1n) is 6.74. The van der Waals surface area contributed by atoms with Crippen LogP contribution in [0.5, 0.6) is 5.75 Å². The summed E-state index contributed by atoms with van der Waals surface area (Å²) in [5.74, 6) is 0.286. The summed E-state index contributed by atoms with van der Waals surface area (Å²) in [4.78, 5) is 7.26. The summed E-state index contributed by atoms with van der Waals surface area (Å²) in [6.45, 7) is 0. The Morgan fingerprint density at radius 1 is 1.17 bits per heavy atom.